The first kappa shape index (κ1) is 24.4. The summed E-state index contributed by atoms with van der Waals surface area (Å²) in [6.45, 7) is 1.56. The van der Waals surface area contributed by atoms with Crippen LogP contribution in [0.4, 0.5) is 19.0 Å². The molecule has 0 unspecified atom stereocenters. The molecule has 0 spiro atoms. The third kappa shape index (κ3) is 5.19. The molecule has 9 nitrogen and oxygen atoms in total. The Labute approximate surface area is 205 Å². The van der Waals surface area contributed by atoms with Crippen LogP contribution in [0.25, 0.3) is 5.69 Å². The predicted octanol–water partition coefficient (Wildman–Crippen LogP) is 5.48. The fraction of sp³-hybridized carbons (Fsp3) is 0.227. The van der Waals surface area contributed by atoms with E-state index in [9.17, 15) is 23.3 Å². The van der Waals surface area contributed by atoms with E-state index in [4.69, 9.17) is 4.74 Å². The summed E-state index contributed by atoms with van der Waals surface area (Å²) in [5.74, 6) is -1.26. The highest BCUT2D eigenvalue weighted by atomic mass is 79.9. The van der Waals surface area contributed by atoms with Crippen molar-refractivity contribution in [2.45, 2.75) is 25.9 Å². The summed E-state index contributed by atoms with van der Waals surface area (Å²) in [6, 6.07) is 8.14. The highest BCUT2D eigenvalue weighted by Crippen LogP contribution is 2.34. The first-order chi connectivity index (χ1) is 16.6. The SMILES string of the molecule is C[C@@H](Oc1cc(Br)cnc1[N+](=O)[O-])c1cc(F)ccc1-n1nc(C(F)F)cc1Cc1ccnn1C. The summed E-state index contributed by atoms with van der Waals surface area (Å²) in [5, 5.41) is 19.5. The fourth-order valence-corrected chi connectivity index (χ4v) is 3.89. The zero-order valence-electron chi connectivity index (χ0n) is 18.4. The molecule has 0 saturated heterocycles. The van der Waals surface area contributed by atoms with Crippen LogP contribution in [0.1, 0.15) is 42.1 Å². The van der Waals surface area contributed by atoms with Crippen LogP contribution in [0.15, 0.2) is 53.3 Å². The molecular weight excluding hydrogens is 533 g/mol. The first-order valence-corrected chi connectivity index (χ1v) is 11.0. The molecule has 0 bridgehead atoms. The topological polar surface area (TPSA) is 101 Å². The molecule has 0 radical (unpaired) electrons. The molecule has 0 aliphatic heterocycles. The number of benzene rings is 1. The Balaban J connectivity index is 1.79. The number of aromatic nitrogens is 5. The quantitative estimate of drug-likeness (QED) is 0.213. The predicted molar refractivity (Wildman–Crippen MR) is 122 cm³/mol. The Kier molecular flexibility index (Phi) is 6.87. The van der Waals surface area contributed by atoms with E-state index in [0.29, 0.717) is 10.2 Å². The van der Waals surface area contributed by atoms with Crippen LogP contribution in [0, 0.1) is 15.9 Å². The lowest BCUT2D eigenvalue weighted by Crippen LogP contribution is -2.13. The summed E-state index contributed by atoms with van der Waals surface area (Å²) < 4.78 is 50.5. The number of nitrogens with zero attached hydrogens (tertiary/aromatic N) is 6. The number of hydrogen-bond acceptors (Lipinski definition) is 6. The molecule has 0 fully saturated rings. The summed E-state index contributed by atoms with van der Waals surface area (Å²) in [5.41, 5.74) is 1.25. The van der Waals surface area contributed by atoms with Crippen molar-refractivity contribution in [1.82, 2.24) is 24.5 Å². The van der Waals surface area contributed by atoms with Crippen molar-refractivity contribution >= 4 is 21.7 Å². The first-order valence-electron chi connectivity index (χ1n) is 10.2. The van der Waals surface area contributed by atoms with Gasteiger partial charge in [0.25, 0.3) is 6.43 Å². The summed E-state index contributed by atoms with van der Waals surface area (Å²) in [7, 11) is 1.72. The van der Waals surface area contributed by atoms with Gasteiger partial charge < -0.3 is 14.9 Å². The van der Waals surface area contributed by atoms with Gasteiger partial charge in [-0.05, 0) is 63.1 Å². The average molecular weight is 551 g/mol. The highest BCUT2D eigenvalue weighted by Gasteiger charge is 2.25. The maximum atomic E-state index is 14.3. The summed E-state index contributed by atoms with van der Waals surface area (Å²) in [6.07, 6.45) is -0.691. The molecule has 35 heavy (non-hydrogen) atoms. The second-order valence-corrected chi connectivity index (χ2v) is 8.51. The van der Waals surface area contributed by atoms with Crippen LogP contribution in [0.2, 0.25) is 0 Å². The van der Waals surface area contributed by atoms with Crippen LogP contribution in [0.5, 0.6) is 5.75 Å². The monoisotopic (exact) mass is 550 g/mol. The molecule has 0 aliphatic rings. The molecule has 1 atom stereocenters. The molecule has 0 amide bonds. The van der Waals surface area contributed by atoms with Gasteiger partial charge in [0.15, 0.2) is 6.20 Å². The van der Waals surface area contributed by atoms with E-state index in [1.807, 2.05) is 0 Å². The Morgan fingerprint density at radius 1 is 1.20 bits per heavy atom. The van der Waals surface area contributed by atoms with E-state index in [1.54, 1.807) is 30.9 Å². The molecule has 182 valence electrons. The number of halogens is 4. The second-order valence-electron chi connectivity index (χ2n) is 7.59. The highest BCUT2D eigenvalue weighted by molar-refractivity contribution is 9.10. The van der Waals surface area contributed by atoms with E-state index in [-0.39, 0.29) is 23.4 Å². The largest absolute Gasteiger partial charge is 0.478 e. The van der Waals surface area contributed by atoms with E-state index in [2.05, 4.69) is 31.1 Å². The van der Waals surface area contributed by atoms with Crippen molar-refractivity contribution in [2.75, 3.05) is 0 Å². The minimum absolute atomic E-state index is 0.143. The minimum Gasteiger partial charge on any atom is -0.478 e. The molecule has 0 saturated carbocycles. The third-order valence-electron chi connectivity index (χ3n) is 5.24. The van der Waals surface area contributed by atoms with Crippen LogP contribution in [-0.4, -0.2) is 29.5 Å². The molecule has 13 heteroatoms. The van der Waals surface area contributed by atoms with Crippen molar-refractivity contribution < 1.29 is 22.8 Å². The zero-order chi connectivity index (χ0) is 25.3. The maximum absolute atomic E-state index is 14.3. The van der Waals surface area contributed by atoms with E-state index >= 15 is 0 Å². The third-order valence-corrected chi connectivity index (χ3v) is 5.68. The van der Waals surface area contributed by atoms with Crippen LogP contribution < -0.4 is 4.74 Å². The number of pyridine rings is 1. The zero-order valence-corrected chi connectivity index (χ0v) is 20.0. The summed E-state index contributed by atoms with van der Waals surface area (Å²) >= 11 is 3.20. The number of rotatable bonds is 8. The maximum Gasteiger partial charge on any atom is 0.406 e. The fourth-order valence-electron chi connectivity index (χ4n) is 3.58. The lowest BCUT2D eigenvalue weighted by molar-refractivity contribution is -0.390. The van der Waals surface area contributed by atoms with Gasteiger partial charge in [-0.2, -0.15) is 10.2 Å². The lowest BCUT2D eigenvalue weighted by Gasteiger charge is -2.19. The van der Waals surface area contributed by atoms with Gasteiger partial charge in [-0.1, -0.05) is 0 Å². The van der Waals surface area contributed by atoms with Crippen LogP contribution in [-0.2, 0) is 13.5 Å². The summed E-state index contributed by atoms with van der Waals surface area (Å²) in [4.78, 5) is 14.4. The van der Waals surface area contributed by atoms with Gasteiger partial charge >= 0.3 is 5.82 Å². The number of alkyl halides is 2. The van der Waals surface area contributed by atoms with Gasteiger partial charge in [0.2, 0.25) is 5.75 Å². The van der Waals surface area contributed by atoms with Gasteiger partial charge in [0, 0.05) is 37.0 Å². The Morgan fingerprint density at radius 3 is 2.63 bits per heavy atom. The van der Waals surface area contributed by atoms with Gasteiger partial charge in [-0.25, -0.2) is 17.9 Å². The lowest BCUT2D eigenvalue weighted by atomic mass is 10.1. The van der Waals surface area contributed by atoms with Crippen molar-refractivity contribution in [3.8, 4) is 11.4 Å². The van der Waals surface area contributed by atoms with Crippen molar-refractivity contribution in [3.05, 3.63) is 91.8 Å². The molecule has 3 heterocycles. The molecule has 0 aliphatic carbocycles. The van der Waals surface area contributed by atoms with Crippen LogP contribution >= 0.6 is 15.9 Å². The smallest absolute Gasteiger partial charge is 0.406 e. The molecule has 1 aromatic carbocycles. The molecular formula is C22H18BrF3N6O3. The van der Waals surface area contributed by atoms with Crippen LogP contribution in [0.3, 0.4) is 0 Å². The van der Waals surface area contributed by atoms with Crippen molar-refractivity contribution in [2.24, 2.45) is 7.05 Å². The van der Waals surface area contributed by atoms with Gasteiger partial charge in [-0.15, -0.1) is 0 Å². The normalized spacial score (nSPS) is 12.2. The Morgan fingerprint density at radius 2 is 1.97 bits per heavy atom. The standard InChI is InChI=1S/C22H18BrF3N6O3/c1-12(35-20-7-13(23)11-27-22(20)32(33)34)17-8-14(24)3-4-19(17)31-16(10-18(29-31)21(25)26)9-15-5-6-28-30(15)2/h3-8,10-12,21H,9H2,1-2H3/t12-/m1/s1. The Bertz CT molecular complexity index is 1390. The van der Waals surface area contributed by atoms with E-state index in [1.165, 1.54) is 41.2 Å². The second kappa shape index (κ2) is 9.86. The van der Waals surface area contributed by atoms with Gasteiger partial charge in [0.1, 0.15) is 17.6 Å². The van der Waals surface area contributed by atoms with E-state index < -0.39 is 34.8 Å². The van der Waals surface area contributed by atoms with Gasteiger partial charge in [-0.3, -0.25) is 4.68 Å². The number of nitro groups is 1. The van der Waals surface area contributed by atoms with Crippen molar-refractivity contribution in [1.29, 1.82) is 0 Å². The molecule has 4 rings (SSSR count). The van der Waals surface area contributed by atoms with E-state index in [0.717, 1.165) is 5.69 Å². The molecule has 4 aromatic rings. The number of hydrogen-bond donors (Lipinski definition) is 0. The molecule has 0 N–H and O–H groups in total. The Hall–Kier alpha value is -3.74. The van der Waals surface area contributed by atoms with Gasteiger partial charge in [0.05, 0.1) is 15.9 Å². The molecule has 3 aromatic heterocycles. The number of aryl methyl sites for hydroxylation is 1. The average Bonchev–Trinajstić information content (AvgIpc) is 3.40. The number of ether oxygens (including phenoxy) is 1. The minimum atomic E-state index is -2.82. The van der Waals surface area contributed by atoms with Crippen molar-refractivity contribution in [3.63, 3.8) is 0 Å².